The Morgan fingerprint density at radius 3 is 2.12 bits per heavy atom. The molecule has 0 heterocycles. The molecule has 0 saturated carbocycles. The van der Waals surface area contributed by atoms with E-state index in [9.17, 15) is 9.59 Å². The SMILES string of the molecule is CC(C)OCCOC(=O)C(O)C(O)C(=O)O. The third-order valence-electron chi connectivity index (χ3n) is 1.57. The van der Waals surface area contributed by atoms with E-state index in [1.54, 1.807) is 13.8 Å². The molecule has 0 fully saturated rings. The van der Waals surface area contributed by atoms with Crippen molar-refractivity contribution < 1.29 is 34.4 Å². The van der Waals surface area contributed by atoms with Gasteiger partial charge in [0.05, 0.1) is 12.7 Å². The number of aliphatic hydroxyl groups is 2. The van der Waals surface area contributed by atoms with Crippen LogP contribution in [0.15, 0.2) is 0 Å². The van der Waals surface area contributed by atoms with Crippen LogP contribution < -0.4 is 0 Å². The molecule has 7 heteroatoms. The molecule has 0 bridgehead atoms. The molecule has 3 N–H and O–H groups in total. The topological polar surface area (TPSA) is 113 Å². The van der Waals surface area contributed by atoms with Crippen LogP contribution in [0, 0.1) is 0 Å². The summed E-state index contributed by atoms with van der Waals surface area (Å²) in [7, 11) is 0. The summed E-state index contributed by atoms with van der Waals surface area (Å²) in [6.07, 6.45) is -4.29. The van der Waals surface area contributed by atoms with Gasteiger partial charge in [0.2, 0.25) is 0 Å². The number of carboxylic acid groups (broad SMARTS) is 1. The average molecular weight is 236 g/mol. The van der Waals surface area contributed by atoms with E-state index in [0.717, 1.165) is 0 Å². The molecule has 0 aliphatic rings. The summed E-state index contributed by atoms with van der Waals surface area (Å²) in [5.41, 5.74) is 0. The summed E-state index contributed by atoms with van der Waals surface area (Å²) in [6, 6.07) is 0. The number of carbonyl (C=O) groups excluding carboxylic acids is 1. The minimum Gasteiger partial charge on any atom is -0.479 e. The highest BCUT2D eigenvalue weighted by Crippen LogP contribution is 1.97. The van der Waals surface area contributed by atoms with E-state index >= 15 is 0 Å². The molecule has 16 heavy (non-hydrogen) atoms. The fraction of sp³-hybridized carbons (Fsp3) is 0.778. The fourth-order valence-electron chi connectivity index (χ4n) is 0.775. The van der Waals surface area contributed by atoms with E-state index in [-0.39, 0.29) is 19.3 Å². The lowest BCUT2D eigenvalue weighted by atomic mass is 10.2. The van der Waals surface area contributed by atoms with E-state index in [1.807, 2.05) is 0 Å². The Labute approximate surface area is 92.6 Å². The first-order chi connectivity index (χ1) is 7.36. The second-order valence-electron chi connectivity index (χ2n) is 3.31. The maximum atomic E-state index is 11.0. The van der Waals surface area contributed by atoms with Crippen LogP contribution in [-0.2, 0) is 19.1 Å². The van der Waals surface area contributed by atoms with Crippen molar-refractivity contribution in [1.29, 1.82) is 0 Å². The maximum Gasteiger partial charge on any atom is 0.338 e. The smallest absolute Gasteiger partial charge is 0.338 e. The number of rotatable bonds is 7. The minimum atomic E-state index is -2.18. The molecule has 0 rings (SSSR count). The van der Waals surface area contributed by atoms with E-state index in [2.05, 4.69) is 4.74 Å². The van der Waals surface area contributed by atoms with Gasteiger partial charge in [-0.3, -0.25) is 0 Å². The first-order valence-corrected chi connectivity index (χ1v) is 4.73. The Balaban J connectivity index is 3.84. The first kappa shape index (κ1) is 14.8. The molecule has 0 aromatic carbocycles. The third kappa shape index (κ3) is 5.64. The van der Waals surface area contributed by atoms with Crippen molar-refractivity contribution in [3.8, 4) is 0 Å². The number of hydrogen-bond acceptors (Lipinski definition) is 6. The standard InChI is InChI=1S/C9H16O7/c1-5(2)15-3-4-16-9(14)7(11)6(10)8(12)13/h5-7,10-11H,3-4H2,1-2H3,(H,12,13). The fourth-order valence-corrected chi connectivity index (χ4v) is 0.775. The van der Waals surface area contributed by atoms with Crippen LogP contribution in [0.5, 0.6) is 0 Å². The van der Waals surface area contributed by atoms with E-state index in [1.165, 1.54) is 0 Å². The molecular formula is C9H16O7. The quantitative estimate of drug-likeness (QED) is 0.374. The summed E-state index contributed by atoms with van der Waals surface area (Å²) >= 11 is 0. The Hall–Kier alpha value is -1.18. The van der Waals surface area contributed by atoms with Crippen LogP contribution in [0.25, 0.3) is 0 Å². The number of aliphatic carboxylic acids is 1. The van der Waals surface area contributed by atoms with Gasteiger partial charge in [-0.1, -0.05) is 0 Å². The monoisotopic (exact) mass is 236 g/mol. The van der Waals surface area contributed by atoms with Gasteiger partial charge in [0.1, 0.15) is 6.61 Å². The zero-order valence-electron chi connectivity index (χ0n) is 9.12. The van der Waals surface area contributed by atoms with Gasteiger partial charge in [0, 0.05) is 0 Å². The molecular weight excluding hydrogens is 220 g/mol. The molecule has 0 saturated heterocycles. The predicted molar refractivity (Wildman–Crippen MR) is 51.7 cm³/mol. The van der Waals surface area contributed by atoms with Gasteiger partial charge in [-0.15, -0.1) is 0 Å². The molecule has 0 radical (unpaired) electrons. The van der Waals surface area contributed by atoms with Crippen LogP contribution in [0.2, 0.25) is 0 Å². The molecule has 0 spiro atoms. The molecule has 94 valence electrons. The van der Waals surface area contributed by atoms with Gasteiger partial charge in [0.15, 0.2) is 12.2 Å². The number of esters is 1. The maximum absolute atomic E-state index is 11.0. The van der Waals surface area contributed by atoms with Crippen LogP contribution in [0.1, 0.15) is 13.8 Å². The van der Waals surface area contributed by atoms with Crippen LogP contribution in [-0.4, -0.2) is 58.8 Å². The Morgan fingerprint density at radius 1 is 1.12 bits per heavy atom. The average Bonchev–Trinajstić information content (AvgIpc) is 2.21. The van der Waals surface area contributed by atoms with Crippen molar-refractivity contribution in [2.24, 2.45) is 0 Å². The molecule has 2 atom stereocenters. The van der Waals surface area contributed by atoms with E-state index < -0.39 is 24.1 Å². The van der Waals surface area contributed by atoms with Crippen molar-refractivity contribution >= 4 is 11.9 Å². The minimum absolute atomic E-state index is 0.0202. The van der Waals surface area contributed by atoms with Crippen LogP contribution in [0.3, 0.4) is 0 Å². The van der Waals surface area contributed by atoms with Gasteiger partial charge in [-0.2, -0.15) is 0 Å². The Morgan fingerprint density at radius 2 is 1.69 bits per heavy atom. The summed E-state index contributed by atoms with van der Waals surface area (Å²) in [4.78, 5) is 21.2. The van der Waals surface area contributed by atoms with E-state index in [0.29, 0.717) is 0 Å². The molecule has 0 amide bonds. The number of aliphatic hydroxyl groups excluding tert-OH is 2. The number of hydrogen-bond donors (Lipinski definition) is 3. The summed E-state index contributed by atoms with van der Waals surface area (Å²) in [5.74, 6) is -2.88. The molecule has 0 aliphatic heterocycles. The van der Waals surface area contributed by atoms with Gasteiger partial charge < -0.3 is 24.8 Å². The van der Waals surface area contributed by atoms with Crippen molar-refractivity contribution in [1.82, 2.24) is 0 Å². The second-order valence-corrected chi connectivity index (χ2v) is 3.31. The highest BCUT2D eigenvalue weighted by molar-refractivity contribution is 5.84. The van der Waals surface area contributed by atoms with Gasteiger partial charge in [0.25, 0.3) is 0 Å². The largest absolute Gasteiger partial charge is 0.479 e. The Bertz CT molecular complexity index is 238. The van der Waals surface area contributed by atoms with Crippen molar-refractivity contribution in [3.05, 3.63) is 0 Å². The second kappa shape index (κ2) is 7.15. The first-order valence-electron chi connectivity index (χ1n) is 4.73. The zero-order chi connectivity index (χ0) is 12.7. The zero-order valence-corrected chi connectivity index (χ0v) is 9.12. The normalized spacial score (nSPS) is 14.6. The predicted octanol–water partition coefficient (Wildman–Crippen LogP) is -1.24. The molecule has 0 aliphatic carbocycles. The van der Waals surface area contributed by atoms with Crippen molar-refractivity contribution in [2.75, 3.05) is 13.2 Å². The van der Waals surface area contributed by atoms with Gasteiger partial charge in [-0.05, 0) is 13.8 Å². The highest BCUT2D eigenvalue weighted by atomic mass is 16.6. The number of ether oxygens (including phenoxy) is 2. The van der Waals surface area contributed by atoms with Gasteiger partial charge in [-0.25, -0.2) is 9.59 Å². The lowest BCUT2D eigenvalue weighted by Gasteiger charge is -2.13. The van der Waals surface area contributed by atoms with E-state index in [4.69, 9.17) is 20.1 Å². The molecule has 7 nitrogen and oxygen atoms in total. The molecule has 0 aromatic heterocycles. The summed E-state index contributed by atoms with van der Waals surface area (Å²) < 4.78 is 9.53. The highest BCUT2D eigenvalue weighted by Gasteiger charge is 2.31. The summed E-state index contributed by atoms with van der Waals surface area (Å²) in [6.45, 7) is 3.62. The molecule has 2 unspecified atom stereocenters. The number of carbonyl (C=O) groups is 2. The van der Waals surface area contributed by atoms with Crippen molar-refractivity contribution in [2.45, 2.75) is 32.2 Å². The lowest BCUT2D eigenvalue weighted by Crippen LogP contribution is -2.40. The van der Waals surface area contributed by atoms with Gasteiger partial charge >= 0.3 is 11.9 Å². The Kier molecular flexibility index (Phi) is 6.63. The van der Waals surface area contributed by atoms with Crippen LogP contribution in [0.4, 0.5) is 0 Å². The van der Waals surface area contributed by atoms with Crippen LogP contribution >= 0.6 is 0 Å². The number of carboxylic acids is 1. The molecule has 0 aromatic rings. The lowest BCUT2D eigenvalue weighted by molar-refractivity contribution is -0.170. The summed E-state index contributed by atoms with van der Waals surface area (Å²) in [5, 5.41) is 26.2. The van der Waals surface area contributed by atoms with Crippen molar-refractivity contribution in [3.63, 3.8) is 0 Å². The third-order valence-corrected chi connectivity index (χ3v) is 1.57.